The topological polar surface area (TPSA) is 69.0 Å². The minimum absolute atomic E-state index is 0.0108. The van der Waals surface area contributed by atoms with Crippen molar-refractivity contribution in [2.75, 3.05) is 62.2 Å². The summed E-state index contributed by atoms with van der Waals surface area (Å²) in [7, 11) is 0. The summed E-state index contributed by atoms with van der Waals surface area (Å²) < 4.78 is 16.0. The van der Waals surface area contributed by atoms with Crippen LogP contribution in [0.5, 0.6) is 0 Å². The van der Waals surface area contributed by atoms with E-state index in [0.29, 0.717) is 45.0 Å². The molecule has 0 unspecified atom stereocenters. The molecule has 2 saturated heterocycles. The lowest BCUT2D eigenvalue weighted by Gasteiger charge is -2.44. The van der Waals surface area contributed by atoms with Crippen LogP contribution in [-0.4, -0.2) is 77.8 Å². The molecule has 1 aromatic carbocycles. The van der Waals surface area contributed by atoms with Crippen LogP contribution in [-0.2, 0) is 17.6 Å². The summed E-state index contributed by atoms with van der Waals surface area (Å²) in [5.41, 5.74) is 3.88. The van der Waals surface area contributed by atoms with Crippen LogP contribution in [0.1, 0.15) is 11.3 Å². The largest absolute Gasteiger partial charge is 0.366 e. The number of aromatic nitrogens is 3. The van der Waals surface area contributed by atoms with E-state index in [1.807, 2.05) is 26.4 Å². The van der Waals surface area contributed by atoms with E-state index < -0.39 is 0 Å². The second-order valence-electron chi connectivity index (χ2n) is 9.08. The van der Waals surface area contributed by atoms with Crippen LogP contribution in [0.2, 0.25) is 0 Å². The quantitative estimate of drug-likeness (QED) is 0.651. The highest BCUT2D eigenvalue weighted by molar-refractivity contribution is 5.82. The smallest absolute Gasteiger partial charge is 0.229 e. The van der Waals surface area contributed by atoms with Gasteiger partial charge in [0.25, 0.3) is 0 Å². The lowest BCUT2D eigenvalue weighted by atomic mass is 9.96. The van der Waals surface area contributed by atoms with Crippen LogP contribution >= 0.6 is 0 Å². The fourth-order valence-electron chi connectivity index (χ4n) is 5.28. The summed E-state index contributed by atoms with van der Waals surface area (Å²) >= 11 is 0. The van der Waals surface area contributed by atoms with Crippen LogP contribution in [0.4, 0.5) is 15.9 Å². The van der Waals surface area contributed by atoms with E-state index in [1.165, 1.54) is 11.6 Å². The third kappa shape index (κ3) is 3.60. The van der Waals surface area contributed by atoms with Crippen LogP contribution in [0, 0.1) is 11.7 Å². The number of benzene rings is 1. The molecule has 0 bridgehead atoms. The zero-order chi connectivity index (χ0) is 22.4. The summed E-state index contributed by atoms with van der Waals surface area (Å²) in [4.78, 5) is 24.3. The molecule has 3 aliphatic heterocycles. The van der Waals surface area contributed by atoms with Gasteiger partial charge in [-0.15, -0.1) is 0 Å². The third-order valence-electron chi connectivity index (χ3n) is 7.10. The minimum Gasteiger partial charge on any atom is -0.366 e. The number of nitrogens with zero attached hydrogens (tertiary/aromatic N) is 6. The molecule has 2 aromatic heterocycles. The lowest BCUT2D eigenvalue weighted by Crippen LogP contribution is -2.58. The minimum atomic E-state index is -0.205. The number of carbonyl (C=O) groups excluding carboxylic acids is 1. The van der Waals surface area contributed by atoms with Gasteiger partial charge in [0.05, 0.1) is 23.5 Å². The molecule has 3 aliphatic rings. The predicted molar refractivity (Wildman–Crippen MR) is 124 cm³/mol. The molecule has 0 radical (unpaired) electrons. The Morgan fingerprint density at radius 3 is 2.61 bits per heavy atom. The molecule has 1 amide bonds. The first-order valence-corrected chi connectivity index (χ1v) is 11.8. The number of para-hydroxylation sites is 1. The highest BCUT2D eigenvalue weighted by Gasteiger charge is 2.39. The van der Waals surface area contributed by atoms with E-state index in [-0.39, 0.29) is 17.6 Å². The lowest BCUT2D eigenvalue weighted by molar-refractivity contribution is -0.136. The van der Waals surface area contributed by atoms with Gasteiger partial charge < -0.3 is 20.0 Å². The monoisotopic (exact) mass is 449 g/mol. The maximum absolute atomic E-state index is 14.1. The van der Waals surface area contributed by atoms with Crippen molar-refractivity contribution >= 4 is 23.1 Å². The van der Waals surface area contributed by atoms with Crippen molar-refractivity contribution in [3.63, 3.8) is 0 Å². The van der Waals surface area contributed by atoms with Gasteiger partial charge in [-0.05, 0) is 25.1 Å². The molecule has 172 valence electrons. The summed E-state index contributed by atoms with van der Waals surface area (Å²) in [5, 5.41) is 7.98. The SMILES string of the molecule is O=C(C1CN(c2c3c(nc4ccnn24)CCNCC3)C1)N1CCN(c2ccccc2F)CC1. The first kappa shape index (κ1) is 20.4. The normalized spacial score (nSPS) is 19.4. The van der Waals surface area contributed by atoms with Crippen LogP contribution in [0.25, 0.3) is 5.65 Å². The molecule has 2 fully saturated rings. The summed E-state index contributed by atoms with van der Waals surface area (Å²) in [6, 6.07) is 8.79. The van der Waals surface area contributed by atoms with Crippen molar-refractivity contribution in [1.29, 1.82) is 0 Å². The van der Waals surface area contributed by atoms with Gasteiger partial charge in [-0.1, -0.05) is 12.1 Å². The number of fused-ring (bicyclic) bond motifs is 2. The first-order chi connectivity index (χ1) is 16.2. The van der Waals surface area contributed by atoms with Gasteiger partial charge >= 0.3 is 0 Å². The standard InChI is InChI=1S/C24H28FN7O/c25-19-3-1-2-4-21(19)29-11-13-30(14-12-29)24(33)17-15-31(16-17)23-18-5-8-26-9-6-20(18)28-22-7-10-27-32(22)23/h1-4,7,10,17,26H,5-6,8-9,11-16H2. The van der Waals surface area contributed by atoms with E-state index in [2.05, 4.69) is 15.3 Å². The van der Waals surface area contributed by atoms with Gasteiger partial charge in [0, 0.05) is 63.9 Å². The molecule has 33 heavy (non-hydrogen) atoms. The van der Waals surface area contributed by atoms with Crippen molar-refractivity contribution in [3.05, 3.63) is 53.6 Å². The van der Waals surface area contributed by atoms with Crippen molar-refractivity contribution in [2.45, 2.75) is 12.8 Å². The van der Waals surface area contributed by atoms with Gasteiger partial charge in [0.15, 0.2) is 5.65 Å². The molecule has 0 saturated carbocycles. The molecule has 0 spiro atoms. The molecule has 3 aromatic rings. The maximum Gasteiger partial charge on any atom is 0.229 e. The number of carbonyl (C=O) groups is 1. The highest BCUT2D eigenvalue weighted by atomic mass is 19.1. The van der Waals surface area contributed by atoms with E-state index in [1.54, 1.807) is 18.3 Å². The Labute approximate surface area is 192 Å². The van der Waals surface area contributed by atoms with Crippen molar-refractivity contribution in [1.82, 2.24) is 24.8 Å². The molecule has 8 nitrogen and oxygen atoms in total. The van der Waals surface area contributed by atoms with Crippen LogP contribution in [0.3, 0.4) is 0 Å². The Bertz CT molecular complexity index is 1180. The Hall–Kier alpha value is -3.20. The van der Waals surface area contributed by atoms with Gasteiger partial charge in [0.2, 0.25) is 5.91 Å². The predicted octanol–water partition coefficient (Wildman–Crippen LogP) is 1.34. The number of hydrogen-bond acceptors (Lipinski definition) is 6. The van der Waals surface area contributed by atoms with Gasteiger partial charge in [-0.3, -0.25) is 4.79 Å². The van der Waals surface area contributed by atoms with Gasteiger partial charge in [-0.2, -0.15) is 9.61 Å². The van der Waals surface area contributed by atoms with E-state index in [4.69, 9.17) is 4.98 Å². The second kappa shape index (κ2) is 8.30. The van der Waals surface area contributed by atoms with Gasteiger partial charge in [0.1, 0.15) is 11.6 Å². The summed E-state index contributed by atoms with van der Waals surface area (Å²) in [6.45, 7) is 5.83. The zero-order valence-corrected chi connectivity index (χ0v) is 18.6. The number of rotatable bonds is 3. The number of halogens is 1. The average Bonchev–Trinajstić information content (AvgIpc) is 3.15. The van der Waals surface area contributed by atoms with E-state index in [9.17, 15) is 9.18 Å². The number of hydrogen-bond donors (Lipinski definition) is 1. The van der Waals surface area contributed by atoms with Crippen molar-refractivity contribution < 1.29 is 9.18 Å². The molecule has 0 aliphatic carbocycles. The Morgan fingerprint density at radius 1 is 1.00 bits per heavy atom. The number of piperazine rings is 1. The van der Waals surface area contributed by atoms with Crippen molar-refractivity contribution in [2.24, 2.45) is 5.92 Å². The molecule has 5 heterocycles. The zero-order valence-electron chi connectivity index (χ0n) is 18.6. The first-order valence-electron chi connectivity index (χ1n) is 11.8. The molecule has 9 heteroatoms. The van der Waals surface area contributed by atoms with Crippen molar-refractivity contribution in [3.8, 4) is 0 Å². The van der Waals surface area contributed by atoms with E-state index >= 15 is 0 Å². The summed E-state index contributed by atoms with van der Waals surface area (Å²) in [6.07, 6.45) is 3.62. The molecule has 0 atom stereocenters. The molecular weight excluding hydrogens is 421 g/mol. The number of anilines is 2. The Morgan fingerprint density at radius 2 is 1.79 bits per heavy atom. The van der Waals surface area contributed by atoms with E-state index in [0.717, 1.165) is 43.1 Å². The Kier molecular flexibility index (Phi) is 5.13. The molecule has 1 N–H and O–H groups in total. The second-order valence-corrected chi connectivity index (χ2v) is 9.08. The van der Waals surface area contributed by atoms with Gasteiger partial charge in [-0.25, -0.2) is 9.37 Å². The molecule has 6 rings (SSSR count). The third-order valence-corrected chi connectivity index (χ3v) is 7.10. The maximum atomic E-state index is 14.1. The number of amides is 1. The molecular formula is C24H28FN7O. The Balaban J connectivity index is 1.14. The average molecular weight is 450 g/mol. The van der Waals surface area contributed by atoms with Crippen LogP contribution < -0.4 is 15.1 Å². The fourth-order valence-corrected chi connectivity index (χ4v) is 5.28. The summed E-state index contributed by atoms with van der Waals surface area (Å²) in [5.74, 6) is 1.09. The fraction of sp³-hybridized carbons (Fsp3) is 0.458. The number of nitrogens with one attached hydrogen (secondary N) is 1. The van der Waals surface area contributed by atoms with Crippen LogP contribution in [0.15, 0.2) is 36.5 Å². The highest BCUT2D eigenvalue weighted by Crippen LogP contribution is 2.32.